The van der Waals surface area contributed by atoms with Gasteiger partial charge in [-0.25, -0.2) is 8.78 Å². The molecule has 1 aromatic carbocycles. The van der Waals surface area contributed by atoms with Gasteiger partial charge in [0.05, 0.1) is 6.54 Å². The van der Waals surface area contributed by atoms with Crippen molar-refractivity contribution in [2.75, 3.05) is 19.6 Å². The molecule has 6 heteroatoms. The van der Waals surface area contributed by atoms with Crippen LogP contribution >= 0.6 is 0 Å². The average molecular weight is 266 g/mol. The van der Waals surface area contributed by atoms with Crippen molar-refractivity contribution in [1.82, 2.24) is 10.2 Å². The van der Waals surface area contributed by atoms with E-state index >= 15 is 0 Å². The first kappa shape index (κ1) is 13.2. The van der Waals surface area contributed by atoms with Gasteiger partial charge in [-0.15, -0.1) is 0 Å². The molecule has 1 aliphatic heterocycles. The molecular formula is C13H12F2N2O2. The maximum Gasteiger partial charge on any atom is 0.247 e. The molecule has 1 heterocycles. The summed E-state index contributed by atoms with van der Waals surface area (Å²) in [5, 5.41) is 2.60. The Morgan fingerprint density at radius 3 is 2.58 bits per heavy atom. The van der Waals surface area contributed by atoms with E-state index in [1.165, 1.54) is 17.1 Å². The Morgan fingerprint density at radius 1 is 1.26 bits per heavy atom. The third kappa shape index (κ3) is 3.61. The Balaban J connectivity index is 2.05. The van der Waals surface area contributed by atoms with Crippen LogP contribution in [0.1, 0.15) is 5.56 Å². The Kier molecular flexibility index (Phi) is 3.89. The fraction of sp³-hybridized carbons (Fsp3) is 0.231. The molecule has 0 bridgehead atoms. The SMILES string of the molecule is O=C1CN(C(=O)/C=C/c2cc(F)cc(F)c2)CCN1. The molecule has 19 heavy (non-hydrogen) atoms. The second-order valence-corrected chi connectivity index (χ2v) is 4.15. The summed E-state index contributed by atoms with van der Waals surface area (Å²) in [6, 6.07) is 3.00. The van der Waals surface area contributed by atoms with Gasteiger partial charge in [0.2, 0.25) is 11.8 Å². The van der Waals surface area contributed by atoms with E-state index in [-0.39, 0.29) is 23.9 Å². The summed E-state index contributed by atoms with van der Waals surface area (Å²) < 4.78 is 25.9. The van der Waals surface area contributed by atoms with Crippen molar-refractivity contribution in [3.05, 3.63) is 41.5 Å². The van der Waals surface area contributed by atoms with Gasteiger partial charge in [-0.3, -0.25) is 9.59 Å². The highest BCUT2D eigenvalue weighted by Gasteiger charge is 2.18. The molecule has 1 fully saturated rings. The lowest BCUT2D eigenvalue weighted by Crippen LogP contribution is -2.49. The van der Waals surface area contributed by atoms with Crippen LogP contribution in [0.4, 0.5) is 8.78 Å². The number of carbonyl (C=O) groups is 2. The maximum atomic E-state index is 12.9. The minimum absolute atomic E-state index is 0.000680. The van der Waals surface area contributed by atoms with E-state index < -0.39 is 11.6 Å². The molecule has 100 valence electrons. The molecule has 2 rings (SSSR count). The van der Waals surface area contributed by atoms with Crippen molar-refractivity contribution in [3.8, 4) is 0 Å². The summed E-state index contributed by atoms with van der Waals surface area (Å²) in [7, 11) is 0. The van der Waals surface area contributed by atoms with Crippen molar-refractivity contribution in [2.45, 2.75) is 0 Å². The Morgan fingerprint density at radius 2 is 1.95 bits per heavy atom. The summed E-state index contributed by atoms with van der Waals surface area (Å²) in [6.45, 7) is 0.833. The smallest absolute Gasteiger partial charge is 0.247 e. The number of carbonyl (C=O) groups excluding carboxylic acids is 2. The largest absolute Gasteiger partial charge is 0.353 e. The maximum absolute atomic E-state index is 12.9. The van der Waals surface area contributed by atoms with Crippen molar-refractivity contribution in [2.24, 2.45) is 0 Å². The number of hydrogen-bond acceptors (Lipinski definition) is 2. The van der Waals surface area contributed by atoms with Crippen LogP contribution in [0.2, 0.25) is 0 Å². The monoisotopic (exact) mass is 266 g/mol. The van der Waals surface area contributed by atoms with Crippen molar-refractivity contribution in [3.63, 3.8) is 0 Å². The van der Waals surface area contributed by atoms with Crippen molar-refractivity contribution >= 4 is 17.9 Å². The Bertz CT molecular complexity index is 523. The molecule has 1 saturated heterocycles. The topological polar surface area (TPSA) is 49.4 Å². The molecule has 0 aromatic heterocycles. The molecule has 0 atom stereocenters. The first-order chi connectivity index (χ1) is 9.04. The van der Waals surface area contributed by atoms with E-state index in [2.05, 4.69) is 5.32 Å². The number of rotatable bonds is 2. The zero-order valence-corrected chi connectivity index (χ0v) is 10.0. The fourth-order valence-corrected chi connectivity index (χ4v) is 1.77. The molecule has 2 amide bonds. The van der Waals surface area contributed by atoms with Gasteiger partial charge in [-0.1, -0.05) is 0 Å². The number of benzene rings is 1. The Labute approximate surface area is 108 Å². The molecule has 0 aliphatic carbocycles. The van der Waals surface area contributed by atoms with Gasteiger partial charge in [-0.2, -0.15) is 0 Å². The van der Waals surface area contributed by atoms with Crippen LogP contribution in [0, 0.1) is 11.6 Å². The minimum Gasteiger partial charge on any atom is -0.353 e. The second kappa shape index (κ2) is 5.60. The van der Waals surface area contributed by atoms with Crippen LogP contribution in [0.3, 0.4) is 0 Å². The summed E-state index contributed by atoms with van der Waals surface area (Å²) in [5.41, 5.74) is 0.257. The van der Waals surface area contributed by atoms with Gasteiger partial charge in [0.1, 0.15) is 11.6 Å². The normalized spacial score (nSPS) is 15.7. The average Bonchev–Trinajstić information content (AvgIpc) is 2.35. The first-order valence-electron chi connectivity index (χ1n) is 5.74. The molecule has 0 saturated carbocycles. The van der Waals surface area contributed by atoms with Crippen LogP contribution in [0.5, 0.6) is 0 Å². The van der Waals surface area contributed by atoms with E-state index in [1.54, 1.807) is 0 Å². The van der Waals surface area contributed by atoms with Crippen LogP contribution in [0.25, 0.3) is 6.08 Å². The molecule has 4 nitrogen and oxygen atoms in total. The lowest BCUT2D eigenvalue weighted by Gasteiger charge is -2.25. The van der Waals surface area contributed by atoms with E-state index in [0.717, 1.165) is 18.2 Å². The number of amides is 2. The predicted molar refractivity (Wildman–Crippen MR) is 65.0 cm³/mol. The van der Waals surface area contributed by atoms with Gasteiger partial charge in [-0.05, 0) is 23.8 Å². The standard InChI is InChI=1S/C13H12F2N2O2/c14-10-5-9(6-11(15)7-10)1-2-13(19)17-4-3-16-12(18)8-17/h1-2,5-7H,3-4,8H2,(H,16,18)/b2-1+. The lowest BCUT2D eigenvalue weighted by molar-refractivity contribution is -0.134. The summed E-state index contributed by atoms with van der Waals surface area (Å²) >= 11 is 0. The molecule has 1 aromatic rings. The molecule has 0 radical (unpaired) electrons. The summed E-state index contributed by atoms with van der Waals surface area (Å²) in [5.74, 6) is -1.99. The second-order valence-electron chi connectivity index (χ2n) is 4.15. The highest BCUT2D eigenvalue weighted by molar-refractivity contribution is 5.94. The highest BCUT2D eigenvalue weighted by Crippen LogP contribution is 2.10. The highest BCUT2D eigenvalue weighted by atomic mass is 19.1. The molecule has 0 spiro atoms. The lowest BCUT2D eigenvalue weighted by atomic mass is 10.2. The van der Waals surface area contributed by atoms with Crippen molar-refractivity contribution in [1.29, 1.82) is 0 Å². The third-order valence-corrected chi connectivity index (χ3v) is 2.65. The number of hydrogen-bond donors (Lipinski definition) is 1. The summed E-state index contributed by atoms with van der Waals surface area (Å²) in [4.78, 5) is 24.2. The van der Waals surface area contributed by atoms with Gasteiger partial charge >= 0.3 is 0 Å². The van der Waals surface area contributed by atoms with E-state index in [1.807, 2.05) is 0 Å². The van der Waals surface area contributed by atoms with Gasteiger partial charge in [0.25, 0.3) is 0 Å². The number of piperazine rings is 1. The van der Waals surface area contributed by atoms with Crippen molar-refractivity contribution < 1.29 is 18.4 Å². The van der Waals surface area contributed by atoms with Gasteiger partial charge < -0.3 is 10.2 Å². The number of nitrogens with one attached hydrogen (secondary N) is 1. The van der Waals surface area contributed by atoms with E-state index in [0.29, 0.717) is 13.1 Å². The van der Waals surface area contributed by atoms with E-state index in [4.69, 9.17) is 0 Å². The first-order valence-corrected chi connectivity index (χ1v) is 5.74. The Hall–Kier alpha value is -2.24. The summed E-state index contributed by atoms with van der Waals surface area (Å²) in [6.07, 6.45) is 2.52. The van der Waals surface area contributed by atoms with Gasteiger partial charge in [0.15, 0.2) is 0 Å². The third-order valence-electron chi connectivity index (χ3n) is 2.65. The van der Waals surface area contributed by atoms with Crippen LogP contribution in [0.15, 0.2) is 24.3 Å². The zero-order chi connectivity index (χ0) is 13.8. The van der Waals surface area contributed by atoms with Crippen LogP contribution in [-0.2, 0) is 9.59 Å². The predicted octanol–water partition coefficient (Wildman–Crippen LogP) is 0.936. The quantitative estimate of drug-likeness (QED) is 0.810. The zero-order valence-electron chi connectivity index (χ0n) is 10.0. The molecule has 1 N–H and O–H groups in total. The molecule has 0 unspecified atom stereocenters. The number of halogens is 2. The van der Waals surface area contributed by atoms with Crippen LogP contribution < -0.4 is 5.32 Å². The van der Waals surface area contributed by atoms with Crippen LogP contribution in [-0.4, -0.2) is 36.3 Å². The number of nitrogens with zero attached hydrogens (tertiary/aromatic N) is 1. The minimum atomic E-state index is -0.704. The molecular weight excluding hydrogens is 254 g/mol. The van der Waals surface area contributed by atoms with E-state index in [9.17, 15) is 18.4 Å². The molecule has 1 aliphatic rings. The fourth-order valence-electron chi connectivity index (χ4n) is 1.77. The van der Waals surface area contributed by atoms with Gasteiger partial charge in [0, 0.05) is 25.2 Å².